The van der Waals surface area contributed by atoms with Gasteiger partial charge in [0.25, 0.3) is 5.91 Å². The van der Waals surface area contributed by atoms with Crippen molar-refractivity contribution in [3.05, 3.63) is 18.0 Å². The molecule has 2 N–H and O–H groups in total. The maximum atomic E-state index is 12.2. The molecule has 0 saturated heterocycles. The van der Waals surface area contributed by atoms with Gasteiger partial charge in [0.15, 0.2) is 0 Å². The average Bonchev–Trinajstić information content (AvgIpc) is 2.77. The van der Waals surface area contributed by atoms with Gasteiger partial charge in [-0.2, -0.15) is 0 Å². The summed E-state index contributed by atoms with van der Waals surface area (Å²) in [7, 11) is 0.982. The zero-order valence-corrected chi connectivity index (χ0v) is 12.9. The van der Waals surface area contributed by atoms with Crippen molar-refractivity contribution in [3.63, 3.8) is 0 Å². The molecule has 1 unspecified atom stereocenters. The molecule has 0 aromatic carbocycles. The van der Waals surface area contributed by atoms with Crippen LogP contribution >= 0.6 is 0 Å². The SMILES string of the molecule is CNS(=O)(=O)c1cc(C(=O)N(C)CCC(C)O)n(C)c1. The van der Waals surface area contributed by atoms with Gasteiger partial charge in [-0.1, -0.05) is 0 Å². The van der Waals surface area contributed by atoms with Crippen LogP contribution < -0.4 is 4.72 Å². The molecule has 1 rings (SSSR count). The molecule has 20 heavy (non-hydrogen) atoms. The summed E-state index contributed by atoms with van der Waals surface area (Å²) in [5, 5.41) is 9.22. The number of nitrogens with zero attached hydrogens (tertiary/aromatic N) is 2. The second-order valence-electron chi connectivity index (χ2n) is 4.74. The molecule has 0 bridgehead atoms. The van der Waals surface area contributed by atoms with Crippen LogP contribution in [0.25, 0.3) is 0 Å². The molecular weight excluding hydrogens is 282 g/mol. The number of nitrogens with one attached hydrogen (secondary N) is 1. The van der Waals surface area contributed by atoms with Gasteiger partial charge in [-0.25, -0.2) is 13.1 Å². The second-order valence-corrected chi connectivity index (χ2v) is 6.63. The zero-order valence-electron chi connectivity index (χ0n) is 12.1. The Bertz CT molecular complexity index is 578. The van der Waals surface area contributed by atoms with Gasteiger partial charge >= 0.3 is 0 Å². The van der Waals surface area contributed by atoms with Crippen LogP contribution in [0.1, 0.15) is 23.8 Å². The molecular formula is C12H21N3O4S. The summed E-state index contributed by atoms with van der Waals surface area (Å²) in [6.45, 7) is 2.05. The normalized spacial score (nSPS) is 13.2. The Morgan fingerprint density at radius 1 is 1.55 bits per heavy atom. The smallest absolute Gasteiger partial charge is 0.270 e. The Balaban J connectivity index is 2.95. The maximum absolute atomic E-state index is 12.2. The van der Waals surface area contributed by atoms with Crippen LogP contribution in [0.3, 0.4) is 0 Å². The van der Waals surface area contributed by atoms with Crippen LogP contribution in [-0.4, -0.2) is 55.6 Å². The highest BCUT2D eigenvalue weighted by molar-refractivity contribution is 7.89. The second kappa shape index (κ2) is 6.38. The zero-order chi connectivity index (χ0) is 15.5. The Morgan fingerprint density at radius 3 is 2.65 bits per heavy atom. The highest BCUT2D eigenvalue weighted by atomic mass is 32.2. The lowest BCUT2D eigenvalue weighted by Gasteiger charge is -2.18. The van der Waals surface area contributed by atoms with E-state index in [1.165, 1.54) is 28.8 Å². The number of rotatable bonds is 6. The van der Waals surface area contributed by atoms with Crippen molar-refractivity contribution in [1.82, 2.24) is 14.2 Å². The number of hydrogen-bond acceptors (Lipinski definition) is 4. The minimum atomic E-state index is -3.57. The average molecular weight is 303 g/mol. The summed E-state index contributed by atoms with van der Waals surface area (Å²) in [5.41, 5.74) is 0.284. The first-order valence-corrected chi connectivity index (χ1v) is 7.70. The van der Waals surface area contributed by atoms with Crippen LogP contribution in [0.15, 0.2) is 17.2 Å². The van der Waals surface area contributed by atoms with Crippen LogP contribution in [0.5, 0.6) is 0 Å². The maximum Gasteiger partial charge on any atom is 0.270 e. The number of carbonyl (C=O) groups is 1. The molecule has 114 valence electrons. The van der Waals surface area contributed by atoms with Gasteiger partial charge in [0.2, 0.25) is 10.0 Å². The van der Waals surface area contributed by atoms with Gasteiger partial charge in [-0.05, 0) is 26.5 Å². The number of hydrogen-bond donors (Lipinski definition) is 2. The number of amides is 1. The topological polar surface area (TPSA) is 91.6 Å². The van der Waals surface area contributed by atoms with E-state index < -0.39 is 16.1 Å². The number of sulfonamides is 1. The van der Waals surface area contributed by atoms with Gasteiger partial charge in [0.05, 0.1) is 6.10 Å². The van der Waals surface area contributed by atoms with Crippen LogP contribution in [0, 0.1) is 0 Å². The van der Waals surface area contributed by atoms with Crippen LogP contribution in [0.2, 0.25) is 0 Å². The molecule has 7 nitrogen and oxygen atoms in total. The van der Waals surface area contributed by atoms with Gasteiger partial charge in [-0.15, -0.1) is 0 Å². The summed E-state index contributed by atoms with van der Waals surface area (Å²) < 4.78 is 27.1. The third-order valence-corrected chi connectivity index (χ3v) is 4.39. The number of carbonyl (C=O) groups excluding carboxylic acids is 1. The predicted octanol–water partition coefficient (Wildman–Crippen LogP) is -0.224. The molecule has 8 heteroatoms. The van der Waals surface area contributed by atoms with Crippen molar-refractivity contribution in [1.29, 1.82) is 0 Å². The van der Waals surface area contributed by atoms with Crippen LogP contribution in [0.4, 0.5) is 0 Å². The van der Waals surface area contributed by atoms with E-state index in [0.29, 0.717) is 13.0 Å². The molecule has 1 atom stereocenters. The van der Waals surface area contributed by atoms with Gasteiger partial charge < -0.3 is 14.6 Å². The molecule has 0 aliphatic rings. The van der Waals surface area contributed by atoms with Crippen molar-refractivity contribution in [2.75, 3.05) is 20.6 Å². The molecule has 1 heterocycles. The Hall–Kier alpha value is -1.38. The monoisotopic (exact) mass is 303 g/mol. The van der Waals surface area contributed by atoms with Gasteiger partial charge in [-0.3, -0.25) is 4.79 Å². The lowest BCUT2D eigenvalue weighted by Crippen LogP contribution is -2.30. The molecule has 0 saturated carbocycles. The molecule has 0 aliphatic carbocycles. The molecule has 0 spiro atoms. The highest BCUT2D eigenvalue weighted by Gasteiger charge is 2.21. The first-order chi connectivity index (χ1) is 9.19. The summed E-state index contributed by atoms with van der Waals surface area (Å²) in [6, 6.07) is 1.34. The Kier molecular flexibility index (Phi) is 5.32. The number of aromatic nitrogens is 1. The van der Waals surface area contributed by atoms with E-state index in [1.807, 2.05) is 0 Å². The largest absolute Gasteiger partial charge is 0.393 e. The van der Waals surface area contributed by atoms with Crippen molar-refractivity contribution in [3.8, 4) is 0 Å². The first-order valence-electron chi connectivity index (χ1n) is 6.22. The van der Waals surface area contributed by atoms with Gasteiger partial charge in [0.1, 0.15) is 10.6 Å². The van der Waals surface area contributed by atoms with Crippen molar-refractivity contribution in [2.45, 2.75) is 24.3 Å². The lowest BCUT2D eigenvalue weighted by molar-refractivity contribution is 0.0759. The van der Waals surface area contributed by atoms with E-state index >= 15 is 0 Å². The van der Waals surface area contributed by atoms with Gasteiger partial charge in [0, 0.05) is 26.8 Å². The Labute approximate surface area is 119 Å². The molecule has 0 aliphatic heterocycles. The molecule has 0 radical (unpaired) electrons. The fourth-order valence-electron chi connectivity index (χ4n) is 1.69. The molecule has 1 amide bonds. The van der Waals surface area contributed by atoms with E-state index in [2.05, 4.69) is 4.72 Å². The lowest BCUT2D eigenvalue weighted by atomic mass is 10.2. The number of aliphatic hydroxyl groups is 1. The molecule has 1 aromatic rings. The van der Waals surface area contributed by atoms with E-state index in [4.69, 9.17) is 0 Å². The van der Waals surface area contributed by atoms with E-state index in [1.54, 1.807) is 21.0 Å². The number of aliphatic hydroxyl groups excluding tert-OH is 1. The summed E-state index contributed by atoms with van der Waals surface area (Å²) in [6.07, 6.45) is 1.37. The molecule has 1 aromatic heterocycles. The minimum Gasteiger partial charge on any atom is -0.393 e. The fraction of sp³-hybridized carbons (Fsp3) is 0.583. The van der Waals surface area contributed by atoms with Crippen molar-refractivity contribution in [2.24, 2.45) is 7.05 Å². The quantitative estimate of drug-likeness (QED) is 0.760. The van der Waals surface area contributed by atoms with Crippen molar-refractivity contribution < 1.29 is 18.3 Å². The van der Waals surface area contributed by atoms with Crippen LogP contribution in [-0.2, 0) is 17.1 Å². The molecule has 0 fully saturated rings. The fourth-order valence-corrected chi connectivity index (χ4v) is 2.49. The van der Waals surface area contributed by atoms with E-state index in [9.17, 15) is 18.3 Å². The minimum absolute atomic E-state index is 0.0507. The van der Waals surface area contributed by atoms with E-state index in [-0.39, 0.29) is 16.5 Å². The highest BCUT2D eigenvalue weighted by Crippen LogP contribution is 2.14. The predicted molar refractivity (Wildman–Crippen MR) is 74.9 cm³/mol. The van der Waals surface area contributed by atoms with E-state index in [0.717, 1.165) is 0 Å². The Morgan fingerprint density at radius 2 is 2.15 bits per heavy atom. The number of aryl methyl sites for hydroxylation is 1. The summed E-state index contributed by atoms with van der Waals surface area (Å²) >= 11 is 0. The summed E-state index contributed by atoms with van der Waals surface area (Å²) in [5.74, 6) is -0.286. The first kappa shape index (κ1) is 16.7. The van der Waals surface area contributed by atoms with Crippen molar-refractivity contribution >= 4 is 15.9 Å². The summed E-state index contributed by atoms with van der Waals surface area (Å²) in [4.78, 5) is 13.7. The third kappa shape index (κ3) is 3.81. The third-order valence-electron chi connectivity index (χ3n) is 3.01. The standard InChI is InChI=1S/C12H21N3O4S/c1-9(16)5-6-14(3)12(17)11-7-10(8-15(11)4)20(18,19)13-2/h7-9,13,16H,5-6H2,1-4H3.